The Morgan fingerprint density at radius 1 is 0.952 bits per heavy atom. The number of nitrogens with zero attached hydrogens (tertiary/aromatic N) is 1. The second kappa shape index (κ2) is 13.1. The van der Waals surface area contributed by atoms with E-state index in [9.17, 15) is 22.4 Å². The van der Waals surface area contributed by atoms with E-state index < -0.39 is 21.9 Å². The van der Waals surface area contributed by atoms with E-state index >= 15 is 0 Å². The average molecular weight is 590 g/mol. The van der Waals surface area contributed by atoms with E-state index in [1.54, 1.807) is 71.6 Å². The van der Waals surface area contributed by atoms with E-state index in [1.165, 1.54) is 18.2 Å². The molecule has 5 N–H and O–H groups in total. The highest BCUT2D eigenvalue weighted by molar-refractivity contribution is 7.89. The zero-order chi connectivity index (χ0) is 30.3. The van der Waals surface area contributed by atoms with E-state index in [1.807, 2.05) is 6.92 Å². The Bertz CT molecular complexity index is 1710. The number of primary sulfonamides is 1. The van der Waals surface area contributed by atoms with E-state index in [2.05, 4.69) is 10.6 Å². The maximum absolute atomic E-state index is 13.1. The van der Waals surface area contributed by atoms with Gasteiger partial charge in [-0.2, -0.15) is 0 Å². The maximum atomic E-state index is 13.1. The van der Waals surface area contributed by atoms with Crippen LogP contribution < -0.4 is 25.4 Å². The van der Waals surface area contributed by atoms with Crippen LogP contribution in [0.25, 0.3) is 11.1 Å². The summed E-state index contributed by atoms with van der Waals surface area (Å²) in [7, 11) is -3.91. The molecule has 0 aliphatic carbocycles. The number of likely N-dealkylation sites (N-methyl/N-ethyl adjacent to an activating group) is 1. The van der Waals surface area contributed by atoms with Gasteiger partial charge in [0, 0.05) is 29.0 Å². The number of halogens is 1. The van der Waals surface area contributed by atoms with Gasteiger partial charge in [-0.1, -0.05) is 42.5 Å². The molecule has 10 nitrogen and oxygen atoms in total. The van der Waals surface area contributed by atoms with Gasteiger partial charge in [-0.05, 0) is 67.1 Å². The molecule has 0 radical (unpaired) electrons. The molecule has 0 fully saturated rings. The molecule has 216 valence electrons. The zero-order valence-corrected chi connectivity index (χ0v) is 23.3. The van der Waals surface area contributed by atoms with Crippen molar-refractivity contribution in [3.05, 3.63) is 108 Å². The molecule has 0 atom stereocenters. The number of hydrogen-bond donors (Lipinski definition) is 4. The van der Waals surface area contributed by atoms with Crippen LogP contribution in [0.5, 0.6) is 5.75 Å². The minimum absolute atomic E-state index is 0.00330. The number of amidine groups is 1. The minimum atomic E-state index is -3.91. The Hall–Kier alpha value is -5.07. The van der Waals surface area contributed by atoms with Gasteiger partial charge in [0.1, 0.15) is 17.4 Å². The summed E-state index contributed by atoms with van der Waals surface area (Å²) in [5.74, 6) is -0.852. The van der Waals surface area contributed by atoms with Crippen LogP contribution in [0, 0.1) is 11.2 Å². The van der Waals surface area contributed by atoms with Gasteiger partial charge >= 0.3 is 6.09 Å². The van der Waals surface area contributed by atoms with E-state index in [0.29, 0.717) is 34.6 Å². The second-order valence-electron chi connectivity index (χ2n) is 9.07. The molecule has 12 heteroatoms. The molecule has 0 saturated heterocycles. The monoisotopic (exact) mass is 589 g/mol. The molecule has 4 rings (SSSR count). The van der Waals surface area contributed by atoms with Crippen LogP contribution in [-0.2, 0) is 14.8 Å². The molecular formula is C30H28FN5O5S. The van der Waals surface area contributed by atoms with Crippen LogP contribution in [0.15, 0.2) is 102 Å². The molecule has 0 aliphatic rings. The number of sulfonamides is 1. The van der Waals surface area contributed by atoms with Crippen molar-refractivity contribution in [2.45, 2.75) is 11.8 Å². The fourth-order valence-corrected chi connectivity index (χ4v) is 4.87. The lowest BCUT2D eigenvalue weighted by Crippen LogP contribution is -2.34. The Balaban J connectivity index is 1.38. The van der Waals surface area contributed by atoms with E-state index in [-0.39, 0.29) is 28.9 Å². The van der Waals surface area contributed by atoms with Gasteiger partial charge in [0.05, 0.1) is 11.4 Å². The molecule has 4 aromatic rings. The Morgan fingerprint density at radius 2 is 1.64 bits per heavy atom. The first-order valence-corrected chi connectivity index (χ1v) is 14.3. The Labute approximate surface area is 242 Å². The van der Waals surface area contributed by atoms with Gasteiger partial charge in [-0.3, -0.25) is 15.5 Å². The molecule has 42 heavy (non-hydrogen) atoms. The van der Waals surface area contributed by atoms with Gasteiger partial charge < -0.3 is 15.0 Å². The zero-order valence-electron chi connectivity index (χ0n) is 22.5. The summed E-state index contributed by atoms with van der Waals surface area (Å²) in [6.07, 6.45) is -0.900. The number of rotatable bonds is 9. The number of anilines is 2. The lowest BCUT2D eigenvalue weighted by atomic mass is 10.1. The number of hydrogen-bond acceptors (Lipinski definition) is 7. The summed E-state index contributed by atoms with van der Waals surface area (Å²) in [4.78, 5) is 26.8. The van der Waals surface area contributed by atoms with Crippen LogP contribution in [0.4, 0.5) is 20.6 Å². The third-order valence-corrected chi connectivity index (χ3v) is 7.11. The number of amides is 2. The van der Waals surface area contributed by atoms with Gasteiger partial charge in [0.2, 0.25) is 15.9 Å². The van der Waals surface area contributed by atoms with Crippen molar-refractivity contribution in [2.75, 3.05) is 23.3 Å². The Morgan fingerprint density at radius 3 is 2.31 bits per heavy atom. The molecule has 0 saturated carbocycles. The first kappa shape index (κ1) is 29.9. The van der Waals surface area contributed by atoms with Crippen molar-refractivity contribution in [3.63, 3.8) is 0 Å². The van der Waals surface area contributed by atoms with Crippen LogP contribution in [0.3, 0.4) is 0 Å². The van der Waals surface area contributed by atoms with Crippen molar-refractivity contribution in [1.29, 1.82) is 5.41 Å². The molecule has 0 aliphatic heterocycles. The molecule has 2 amide bonds. The standard InChI is InChI=1S/C30H28FN5O5S/c1-2-36(24-7-5-6-21(18-24)29(32)35-30(38)41-25-16-12-22(31)13-17-25)19-28(37)34-23-14-10-20(11-15-23)26-8-3-4-9-27(26)42(33,39)40/h3-18H,2,19H2,1H3,(H,34,37)(H2,32,35,38)(H2,33,39,40). The first-order valence-electron chi connectivity index (χ1n) is 12.7. The topological polar surface area (TPSA) is 155 Å². The molecular weight excluding hydrogens is 561 g/mol. The summed E-state index contributed by atoms with van der Waals surface area (Å²) in [5, 5.41) is 18.8. The van der Waals surface area contributed by atoms with Crippen molar-refractivity contribution < 1.29 is 27.1 Å². The SMILES string of the molecule is CCN(CC(=O)Nc1ccc(-c2ccccc2S(N)(=O)=O)cc1)c1cccc(C(=N)NC(=O)Oc2ccc(F)cc2)c1. The fraction of sp³-hybridized carbons (Fsp3) is 0.100. The predicted molar refractivity (Wildman–Crippen MR) is 159 cm³/mol. The average Bonchev–Trinajstić information content (AvgIpc) is 2.97. The number of nitrogens with two attached hydrogens (primary N) is 1. The van der Waals surface area contributed by atoms with E-state index in [0.717, 1.165) is 12.1 Å². The number of ether oxygens (including phenoxy) is 1. The van der Waals surface area contributed by atoms with Gasteiger partial charge in [-0.25, -0.2) is 22.7 Å². The van der Waals surface area contributed by atoms with Crippen molar-refractivity contribution in [1.82, 2.24) is 5.32 Å². The lowest BCUT2D eigenvalue weighted by molar-refractivity contribution is -0.115. The molecule has 0 unspecified atom stereocenters. The quantitative estimate of drug-likeness (QED) is 0.164. The molecule has 0 spiro atoms. The fourth-order valence-electron chi connectivity index (χ4n) is 4.11. The maximum Gasteiger partial charge on any atom is 0.418 e. The van der Waals surface area contributed by atoms with Crippen molar-refractivity contribution in [3.8, 4) is 16.9 Å². The third-order valence-electron chi connectivity index (χ3n) is 6.14. The largest absolute Gasteiger partial charge is 0.418 e. The third kappa shape index (κ3) is 7.77. The smallest absolute Gasteiger partial charge is 0.410 e. The first-order chi connectivity index (χ1) is 20.0. The summed E-state index contributed by atoms with van der Waals surface area (Å²) in [5.41, 5.74) is 2.64. The summed E-state index contributed by atoms with van der Waals surface area (Å²) in [6.45, 7) is 2.36. The highest BCUT2D eigenvalue weighted by atomic mass is 32.2. The van der Waals surface area contributed by atoms with Crippen LogP contribution >= 0.6 is 0 Å². The predicted octanol–water partition coefficient (Wildman–Crippen LogP) is 4.72. The molecule has 0 heterocycles. The van der Waals surface area contributed by atoms with E-state index in [4.69, 9.17) is 15.3 Å². The second-order valence-corrected chi connectivity index (χ2v) is 10.6. The van der Waals surface area contributed by atoms with Gasteiger partial charge in [-0.15, -0.1) is 0 Å². The van der Waals surface area contributed by atoms with Crippen molar-refractivity contribution in [2.24, 2.45) is 5.14 Å². The minimum Gasteiger partial charge on any atom is -0.410 e. The van der Waals surface area contributed by atoms with Crippen LogP contribution in [0.1, 0.15) is 12.5 Å². The number of carbonyl (C=O) groups is 2. The summed E-state index contributed by atoms with van der Waals surface area (Å²) >= 11 is 0. The normalized spacial score (nSPS) is 10.9. The summed E-state index contributed by atoms with van der Waals surface area (Å²) in [6, 6.07) is 24.8. The summed E-state index contributed by atoms with van der Waals surface area (Å²) < 4.78 is 42.0. The molecule has 0 bridgehead atoms. The van der Waals surface area contributed by atoms with Gasteiger partial charge in [0.15, 0.2) is 0 Å². The number of carbonyl (C=O) groups excluding carboxylic acids is 2. The van der Waals surface area contributed by atoms with Crippen LogP contribution in [0.2, 0.25) is 0 Å². The number of benzene rings is 4. The van der Waals surface area contributed by atoms with Crippen molar-refractivity contribution >= 4 is 39.2 Å². The lowest BCUT2D eigenvalue weighted by Gasteiger charge is -2.23. The molecule has 4 aromatic carbocycles. The number of nitrogens with one attached hydrogen (secondary N) is 3. The van der Waals surface area contributed by atoms with Crippen LogP contribution in [-0.4, -0.2) is 39.3 Å². The highest BCUT2D eigenvalue weighted by Crippen LogP contribution is 2.27. The van der Waals surface area contributed by atoms with Gasteiger partial charge in [0.25, 0.3) is 0 Å². The molecule has 0 aromatic heterocycles. The Kier molecular flexibility index (Phi) is 9.30. The highest BCUT2D eigenvalue weighted by Gasteiger charge is 2.16.